The van der Waals surface area contributed by atoms with E-state index in [1.54, 1.807) is 0 Å². The molecule has 0 amide bonds. The van der Waals surface area contributed by atoms with E-state index in [9.17, 15) is 0 Å². The third kappa shape index (κ3) is 3.84. The van der Waals surface area contributed by atoms with E-state index in [4.69, 9.17) is 0 Å². The van der Waals surface area contributed by atoms with Gasteiger partial charge in [0.25, 0.3) is 0 Å². The molecule has 96 valence electrons. The molecule has 1 atom stereocenters. The van der Waals surface area contributed by atoms with E-state index in [0.29, 0.717) is 6.04 Å². The maximum absolute atomic E-state index is 4.25. The fraction of sp³-hybridized carbons (Fsp3) is 0.786. The summed E-state index contributed by atoms with van der Waals surface area (Å²) in [6.07, 6.45) is 12.2. The zero-order valence-corrected chi connectivity index (χ0v) is 11.2. The van der Waals surface area contributed by atoms with E-state index < -0.39 is 0 Å². The number of hydrogen-bond acceptors (Lipinski definition) is 2. The van der Waals surface area contributed by atoms with Crippen LogP contribution in [-0.2, 0) is 13.5 Å². The Morgan fingerprint density at radius 2 is 2.35 bits per heavy atom. The van der Waals surface area contributed by atoms with Gasteiger partial charge in [-0.3, -0.25) is 4.68 Å². The molecule has 0 aliphatic heterocycles. The van der Waals surface area contributed by atoms with Gasteiger partial charge in [-0.25, -0.2) is 0 Å². The third-order valence-electron chi connectivity index (χ3n) is 3.77. The van der Waals surface area contributed by atoms with Crippen LogP contribution in [-0.4, -0.2) is 22.4 Å². The number of aryl methyl sites for hydroxylation is 1. The van der Waals surface area contributed by atoms with Crippen molar-refractivity contribution >= 4 is 0 Å². The lowest BCUT2D eigenvalue weighted by atomic mass is 9.80. The molecule has 0 saturated heterocycles. The van der Waals surface area contributed by atoms with E-state index in [0.717, 1.165) is 18.9 Å². The Hall–Kier alpha value is -0.830. The number of nitrogens with zero attached hydrogens (tertiary/aromatic N) is 2. The van der Waals surface area contributed by atoms with E-state index >= 15 is 0 Å². The summed E-state index contributed by atoms with van der Waals surface area (Å²) in [5.74, 6) is 0.973. The zero-order valence-electron chi connectivity index (χ0n) is 11.2. The lowest BCUT2D eigenvalue weighted by molar-refractivity contribution is 0.259. The summed E-state index contributed by atoms with van der Waals surface area (Å²) >= 11 is 0. The largest absolute Gasteiger partial charge is 0.314 e. The van der Waals surface area contributed by atoms with Crippen LogP contribution in [0.4, 0.5) is 0 Å². The summed E-state index contributed by atoms with van der Waals surface area (Å²) in [6, 6.07) is 0.643. The highest BCUT2D eigenvalue weighted by atomic mass is 15.2. The SMILES string of the molecule is CCCNC(Cc1cnn(C)c1)CC1CCC1. The standard InChI is InChI=1S/C14H25N3/c1-3-7-15-14(8-12-5-4-6-12)9-13-10-16-17(2)11-13/h10-12,14-15H,3-9H2,1-2H3. The van der Waals surface area contributed by atoms with Gasteiger partial charge in [0.2, 0.25) is 0 Å². The molecule has 3 nitrogen and oxygen atoms in total. The molecule has 1 aromatic rings. The van der Waals surface area contributed by atoms with Crippen molar-refractivity contribution in [2.75, 3.05) is 6.54 Å². The van der Waals surface area contributed by atoms with Crippen molar-refractivity contribution in [3.8, 4) is 0 Å². The van der Waals surface area contributed by atoms with E-state index in [-0.39, 0.29) is 0 Å². The predicted molar refractivity (Wildman–Crippen MR) is 71.0 cm³/mol. The first-order valence-electron chi connectivity index (χ1n) is 6.99. The first-order chi connectivity index (χ1) is 8.28. The number of nitrogens with one attached hydrogen (secondary N) is 1. The van der Waals surface area contributed by atoms with Crippen LogP contribution < -0.4 is 5.32 Å². The summed E-state index contributed by atoms with van der Waals surface area (Å²) in [5.41, 5.74) is 1.36. The van der Waals surface area contributed by atoms with Gasteiger partial charge in [-0.1, -0.05) is 26.2 Å². The van der Waals surface area contributed by atoms with E-state index in [1.165, 1.54) is 37.7 Å². The van der Waals surface area contributed by atoms with Crippen LogP contribution in [0.1, 0.15) is 44.6 Å². The third-order valence-corrected chi connectivity index (χ3v) is 3.77. The van der Waals surface area contributed by atoms with Crippen LogP contribution in [0.3, 0.4) is 0 Å². The van der Waals surface area contributed by atoms with Crippen molar-refractivity contribution in [3.63, 3.8) is 0 Å². The molecule has 1 N–H and O–H groups in total. The Balaban J connectivity index is 1.84. The maximum Gasteiger partial charge on any atom is 0.0522 e. The fourth-order valence-corrected chi connectivity index (χ4v) is 2.58. The van der Waals surface area contributed by atoms with Gasteiger partial charge in [0, 0.05) is 19.3 Å². The minimum atomic E-state index is 0.643. The van der Waals surface area contributed by atoms with Gasteiger partial charge >= 0.3 is 0 Å². The average molecular weight is 235 g/mol. The van der Waals surface area contributed by atoms with Gasteiger partial charge in [-0.15, -0.1) is 0 Å². The van der Waals surface area contributed by atoms with Crippen molar-refractivity contribution in [2.24, 2.45) is 13.0 Å². The monoisotopic (exact) mass is 235 g/mol. The van der Waals surface area contributed by atoms with Gasteiger partial charge in [-0.2, -0.15) is 5.10 Å². The molecule has 1 fully saturated rings. The van der Waals surface area contributed by atoms with Gasteiger partial charge in [0.15, 0.2) is 0 Å². The minimum absolute atomic E-state index is 0.643. The number of rotatable bonds is 7. The second kappa shape index (κ2) is 6.20. The van der Waals surface area contributed by atoms with Crippen molar-refractivity contribution in [1.82, 2.24) is 15.1 Å². The molecule has 0 aromatic carbocycles. The highest BCUT2D eigenvalue weighted by Gasteiger charge is 2.22. The molecule has 2 rings (SSSR count). The Morgan fingerprint density at radius 1 is 1.53 bits per heavy atom. The normalized spacial score (nSPS) is 18.0. The van der Waals surface area contributed by atoms with Crippen LogP contribution in [0.2, 0.25) is 0 Å². The Bertz CT molecular complexity index is 328. The quantitative estimate of drug-likeness (QED) is 0.787. The molecule has 3 heteroatoms. The Kier molecular flexibility index (Phi) is 4.60. The molecule has 0 bridgehead atoms. The maximum atomic E-state index is 4.25. The minimum Gasteiger partial charge on any atom is -0.314 e. The van der Waals surface area contributed by atoms with Crippen LogP contribution in [0.5, 0.6) is 0 Å². The lowest BCUT2D eigenvalue weighted by Crippen LogP contribution is -2.35. The summed E-state index contributed by atoms with van der Waals surface area (Å²) in [4.78, 5) is 0. The molecule has 1 aliphatic rings. The molecule has 1 saturated carbocycles. The van der Waals surface area contributed by atoms with Gasteiger partial charge in [0.05, 0.1) is 6.20 Å². The molecular weight excluding hydrogens is 210 g/mol. The molecular formula is C14H25N3. The van der Waals surface area contributed by atoms with Crippen LogP contribution in [0.15, 0.2) is 12.4 Å². The molecule has 0 radical (unpaired) electrons. The van der Waals surface area contributed by atoms with Gasteiger partial charge in [0.1, 0.15) is 0 Å². The van der Waals surface area contributed by atoms with Crippen LogP contribution in [0.25, 0.3) is 0 Å². The molecule has 1 aliphatic carbocycles. The molecule has 17 heavy (non-hydrogen) atoms. The smallest absolute Gasteiger partial charge is 0.0522 e. The zero-order chi connectivity index (χ0) is 12.1. The van der Waals surface area contributed by atoms with Crippen molar-refractivity contribution in [3.05, 3.63) is 18.0 Å². The van der Waals surface area contributed by atoms with Crippen molar-refractivity contribution < 1.29 is 0 Å². The fourth-order valence-electron chi connectivity index (χ4n) is 2.58. The highest BCUT2D eigenvalue weighted by Crippen LogP contribution is 2.31. The highest BCUT2D eigenvalue weighted by molar-refractivity contribution is 5.06. The predicted octanol–water partition coefficient (Wildman–Crippen LogP) is 2.52. The van der Waals surface area contributed by atoms with Crippen molar-refractivity contribution in [2.45, 2.75) is 51.5 Å². The summed E-state index contributed by atoms with van der Waals surface area (Å²) in [7, 11) is 1.99. The molecule has 1 heterocycles. The summed E-state index contributed by atoms with van der Waals surface area (Å²) in [5, 5.41) is 7.94. The van der Waals surface area contributed by atoms with Crippen molar-refractivity contribution in [1.29, 1.82) is 0 Å². The van der Waals surface area contributed by atoms with Gasteiger partial charge in [-0.05, 0) is 37.3 Å². The second-order valence-corrected chi connectivity index (χ2v) is 5.41. The van der Waals surface area contributed by atoms with Crippen LogP contribution in [0, 0.1) is 5.92 Å². The first kappa shape index (κ1) is 12.6. The lowest BCUT2D eigenvalue weighted by Gasteiger charge is -2.30. The van der Waals surface area contributed by atoms with E-state index in [2.05, 4.69) is 23.5 Å². The number of aromatic nitrogens is 2. The molecule has 1 aromatic heterocycles. The average Bonchev–Trinajstić information content (AvgIpc) is 2.65. The second-order valence-electron chi connectivity index (χ2n) is 5.41. The Morgan fingerprint density at radius 3 is 2.88 bits per heavy atom. The van der Waals surface area contributed by atoms with Crippen LogP contribution >= 0.6 is 0 Å². The Labute approximate surface area is 105 Å². The van der Waals surface area contributed by atoms with Gasteiger partial charge < -0.3 is 5.32 Å². The van der Waals surface area contributed by atoms with E-state index in [1.807, 2.05) is 17.9 Å². The number of hydrogen-bond donors (Lipinski definition) is 1. The summed E-state index contributed by atoms with van der Waals surface area (Å²) in [6.45, 7) is 3.37. The first-order valence-corrected chi connectivity index (χ1v) is 6.99. The topological polar surface area (TPSA) is 29.9 Å². The molecule has 1 unspecified atom stereocenters. The molecule has 0 spiro atoms. The summed E-state index contributed by atoms with van der Waals surface area (Å²) < 4.78 is 1.90.